The third-order valence-corrected chi connectivity index (χ3v) is 4.65. The molecule has 1 aromatic carbocycles. The maximum absolute atomic E-state index is 11.5. The molecule has 1 aromatic rings. The maximum atomic E-state index is 11.5. The Labute approximate surface area is 101 Å². The summed E-state index contributed by atoms with van der Waals surface area (Å²) in [7, 11) is -3.23. The molecule has 3 nitrogen and oxygen atoms in total. The van der Waals surface area contributed by atoms with Gasteiger partial charge in [-0.3, -0.25) is 0 Å². The number of para-hydroxylation sites is 1. The van der Waals surface area contributed by atoms with Gasteiger partial charge in [-0.15, -0.1) is 11.8 Å². The van der Waals surface area contributed by atoms with Crippen LogP contribution in [0.15, 0.2) is 28.0 Å². The number of anilines is 1. The second-order valence-electron chi connectivity index (χ2n) is 4.14. The summed E-state index contributed by atoms with van der Waals surface area (Å²) < 4.78 is 22.9. The quantitative estimate of drug-likeness (QED) is 0.666. The molecule has 1 rings (SSSR count). The third-order valence-electron chi connectivity index (χ3n) is 2.00. The predicted octanol–water partition coefficient (Wildman–Crippen LogP) is 2.42. The molecule has 0 aromatic heterocycles. The summed E-state index contributed by atoms with van der Waals surface area (Å²) >= 11 is 1.60. The average molecular weight is 259 g/mol. The van der Waals surface area contributed by atoms with Gasteiger partial charge in [0.15, 0.2) is 9.84 Å². The molecule has 0 heterocycles. The molecular formula is C11H17NO2S2. The number of benzene rings is 1. The molecule has 0 fully saturated rings. The summed E-state index contributed by atoms with van der Waals surface area (Å²) in [4.78, 5) is 1.07. The monoisotopic (exact) mass is 259 g/mol. The molecule has 0 aliphatic heterocycles. The summed E-state index contributed by atoms with van der Waals surface area (Å²) in [6.07, 6.45) is 1.18. The fourth-order valence-corrected chi connectivity index (χ4v) is 3.08. The number of hydrogen-bond donors (Lipinski definition) is 1. The summed E-state index contributed by atoms with van der Waals surface area (Å²) in [6, 6.07) is 5.14. The van der Waals surface area contributed by atoms with Crippen molar-refractivity contribution in [2.75, 3.05) is 17.7 Å². The maximum Gasteiger partial charge on any atom is 0.177 e. The zero-order chi connectivity index (χ0) is 12.3. The van der Waals surface area contributed by atoms with Crippen LogP contribution < -0.4 is 5.73 Å². The molecule has 0 aliphatic carbocycles. The number of nitrogen functional groups attached to an aromatic ring is 1. The van der Waals surface area contributed by atoms with Gasteiger partial charge in [-0.05, 0) is 18.1 Å². The van der Waals surface area contributed by atoms with E-state index in [-0.39, 0.29) is 4.90 Å². The lowest BCUT2D eigenvalue weighted by atomic mass is 10.3. The molecule has 0 saturated heterocycles. The lowest BCUT2D eigenvalue weighted by Crippen LogP contribution is -2.03. The number of nitrogens with two attached hydrogens (primary N) is 1. The molecule has 5 heteroatoms. The van der Waals surface area contributed by atoms with Gasteiger partial charge in [-0.1, -0.05) is 19.9 Å². The van der Waals surface area contributed by atoms with Crippen molar-refractivity contribution in [1.29, 1.82) is 0 Å². The van der Waals surface area contributed by atoms with Crippen LogP contribution >= 0.6 is 11.8 Å². The van der Waals surface area contributed by atoms with Crippen molar-refractivity contribution in [3.63, 3.8) is 0 Å². The predicted molar refractivity (Wildman–Crippen MR) is 69.5 cm³/mol. The van der Waals surface area contributed by atoms with E-state index < -0.39 is 9.84 Å². The summed E-state index contributed by atoms with van der Waals surface area (Å²) in [6.45, 7) is 4.23. The molecule has 0 spiro atoms. The first kappa shape index (κ1) is 13.4. The minimum absolute atomic E-state index is 0.223. The van der Waals surface area contributed by atoms with E-state index in [0.717, 1.165) is 10.6 Å². The van der Waals surface area contributed by atoms with Crippen molar-refractivity contribution in [2.24, 2.45) is 5.92 Å². The van der Waals surface area contributed by atoms with Crippen LogP contribution in [-0.4, -0.2) is 20.4 Å². The van der Waals surface area contributed by atoms with E-state index in [1.165, 1.54) is 6.26 Å². The van der Waals surface area contributed by atoms with Gasteiger partial charge in [-0.2, -0.15) is 0 Å². The number of rotatable bonds is 4. The molecular weight excluding hydrogens is 242 g/mol. The minimum Gasteiger partial charge on any atom is -0.397 e. The van der Waals surface area contributed by atoms with Gasteiger partial charge in [0.2, 0.25) is 0 Å². The highest BCUT2D eigenvalue weighted by molar-refractivity contribution is 7.99. The van der Waals surface area contributed by atoms with E-state index in [0.29, 0.717) is 11.6 Å². The van der Waals surface area contributed by atoms with Crippen molar-refractivity contribution in [3.8, 4) is 0 Å². The van der Waals surface area contributed by atoms with E-state index in [9.17, 15) is 8.42 Å². The highest BCUT2D eigenvalue weighted by Gasteiger charge is 2.14. The lowest BCUT2D eigenvalue weighted by molar-refractivity contribution is 0.602. The van der Waals surface area contributed by atoms with Gasteiger partial charge in [0.1, 0.15) is 0 Å². The molecule has 0 unspecified atom stereocenters. The molecule has 16 heavy (non-hydrogen) atoms. The average Bonchev–Trinajstić information content (AvgIpc) is 2.14. The number of sulfone groups is 1. The second kappa shape index (κ2) is 5.10. The van der Waals surface area contributed by atoms with Crippen molar-refractivity contribution < 1.29 is 8.42 Å². The largest absolute Gasteiger partial charge is 0.397 e. The van der Waals surface area contributed by atoms with Crippen LogP contribution in [0.4, 0.5) is 5.69 Å². The zero-order valence-corrected chi connectivity index (χ0v) is 11.4. The Balaban J connectivity index is 3.05. The Bertz CT molecular complexity index is 467. The van der Waals surface area contributed by atoms with Crippen LogP contribution in [0.5, 0.6) is 0 Å². The van der Waals surface area contributed by atoms with E-state index >= 15 is 0 Å². The first-order valence-electron chi connectivity index (χ1n) is 5.03. The molecule has 0 aliphatic rings. The van der Waals surface area contributed by atoms with Crippen molar-refractivity contribution in [1.82, 2.24) is 0 Å². The SMILES string of the molecule is CC(C)CSc1cccc(S(C)(=O)=O)c1N. The van der Waals surface area contributed by atoms with E-state index in [1.54, 1.807) is 23.9 Å². The molecule has 0 saturated carbocycles. The van der Waals surface area contributed by atoms with E-state index in [2.05, 4.69) is 13.8 Å². The highest BCUT2D eigenvalue weighted by Crippen LogP contribution is 2.31. The lowest BCUT2D eigenvalue weighted by Gasteiger charge is -2.10. The Morgan fingerprint density at radius 2 is 2.00 bits per heavy atom. The van der Waals surface area contributed by atoms with Crippen LogP contribution in [0.3, 0.4) is 0 Å². The minimum atomic E-state index is -3.23. The normalized spacial score (nSPS) is 12.0. The summed E-state index contributed by atoms with van der Waals surface area (Å²) in [5, 5.41) is 0. The van der Waals surface area contributed by atoms with Crippen LogP contribution in [0.2, 0.25) is 0 Å². The second-order valence-corrected chi connectivity index (χ2v) is 7.19. The van der Waals surface area contributed by atoms with Gasteiger partial charge in [0.05, 0.1) is 10.6 Å². The summed E-state index contributed by atoms with van der Waals surface area (Å²) in [5.74, 6) is 1.48. The van der Waals surface area contributed by atoms with Gasteiger partial charge < -0.3 is 5.73 Å². The van der Waals surface area contributed by atoms with Crippen LogP contribution in [-0.2, 0) is 9.84 Å². The van der Waals surface area contributed by atoms with E-state index in [1.807, 2.05) is 6.07 Å². The standard InChI is InChI=1S/C11H17NO2S2/c1-8(2)7-15-9-5-4-6-10(11(9)12)16(3,13)14/h4-6,8H,7,12H2,1-3H3. The van der Waals surface area contributed by atoms with E-state index in [4.69, 9.17) is 5.73 Å². The van der Waals surface area contributed by atoms with Gasteiger partial charge >= 0.3 is 0 Å². The molecule has 90 valence electrons. The third kappa shape index (κ3) is 3.42. The molecule has 0 bridgehead atoms. The number of hydrogen-bond acceptors (Lipinski definition) is 4. The Morgan fingerprint density at radius 3 is 2.50 bits per heavy atom. The topological polar surface area (TPSA) is 60.2 Å². The number of thioether (sulfide) groups is 1. The molecule has 2 N–H and O–H groups in total. The van der Waals surface area contributed by atoms with Crippen molar-refractivity contribution in [3.05, 3.63) is 18.2 Å². The van der Waals surface area contributed by atoms with Gasteiger partial charge in [0.25, 0.3) is 0 Å². The van der Waals surface area contributed by atoms with Gasteiger partial charge in [0, 0.05) is 16.9 Å². The molecule has 0 atom stereocenters. The van der Waals surface area contributed by atoms with Crippen LogP contribution in [0, 0.1) is 5.92 Å². The fourth-order valence-electron chi connectivity index (χ4n) is 1.23. The van der Waals surface area contributed by atoms with Crippen molar-refractivity contribution in [2.45, 2.75) is 23.6 Å². The van der Waals surface area contributed by atoms with Crippen LogP contribution in [0.1, 0.15) is 13.8 Å². The Kier molecular flexibility index (Phi) is 4.27. The Morgan fingerprint density at radius 1 is 1.38 bits per heavy atom. The smallest absolute Gasteiger partial charge is 0.177 e. The molecule has 0 radical (unpaired) electrons. The highest BCUT2D eigenvalue weighted by atomic mass is 32.2. The van der Waals surface area contributed by atoms with Crippen molar-refractivity contribution >= 4 is 27.3 Å². The molecule has 0 amide bonds. The summed E-state index contributed by atoms with van der Waals surface area (Å²) in [5.41, 5.74) is 6.23. The Hall–Kier alpha value is -0.680. The fraction of sp³-hybridized carbons (Fsp3) is 0.455. The van der Waals surface area contributed by atoms with Gasteiger partial charge in [-0.25, -0.2) is 8.42 Å². The zero-order valence-electron chi connectivity index (χ0n) is 9.73. The van der Waals surface area contributed by atoms with Crippen LogP contribution in [0.25, 0.3) is 0 Å². The first-order valence-corrected chi connectivity index (χ1v) is 7.91. The first-order chi connectivity index (χ1) is 7.32.